The molecule has 1 rings (SSSR count). The Kier molecular flexibility index (Phi) is 3.43. The summed E-state index contributed by atoms with van der Waals surface area (Å²) in [4.78, 5) is 10.8. The summed E-state index contributed by atoms with van der Waals surface area (Å²) in [6.45, 7) is 12.1. The number of nitro groups is 1. The molecule has 0 aliphatic heterocycles. The molecule has 0 unspecified atom stereocenters. The first kappa shape index (κ1) is 14.5. The van der Waals surface area contributed by atoms with Crippen LogP contribution in [-0.4, -0.2) is 4.92 Å². The van der Waals surface area contributed by atoms with Crippen molar-refractivity contribution in [2.75, 3.05) is 5.73 Å². The third-order valence-electron chi connectivity index (χ3n) is 2.98. The smallest absolute Gasteiger partial charge is 0.275 e. The van der Waals surface area contributed by atoms with E-state index >= 15 is 0 Å². The average molecular weight is 250 g/mol. The highest BCUT2D eigenvalue weighted by atomic mass is 16.6. The molecule has 4 nitrogen and oxygen atoms in total. The number of anilines is 1. The van der Waals surface area contributed by atoms with Gasteiger partial charge in [0.05, 0.1) is 4.92 Å². The molecule has 4 heteroatoms. The van der Waals surface area contributed by atoms with E-state index in [9.17, 15) is 10.1 Å². The zero-order chi connectivity index (χ0) is 14.3. The standard InChI is InChI=1S/C14H22N2O2/c1-13(2,3)9-7-10(14(4,5)6)12(16(17)18)8-11(9)15/h7-8H,15H2,1-6H3. The Morgan fingerprint density at radius 3 is 1.78 bits per heavy atom. The molecular weight excluding hydrogens is 228 g/mol. The van der Waals surface area contributed by atoms with Crippen molar-refractivity contribution in [1.82, 2.24) is 0 Å². The van der Waals surface area contributed by atoms with Crippen molar-refractivity contribution in [1.29, 1.82) is 0 Å². The predicted molar refractivity (Wildman–Crippen MR) is 74.9 cm³/mol. The van der Waals surface area contributed by atoms with Crippen molar-refractivity contribution in [3.8, 4) is 0 Å². The van der Waals surface area contributed by atoms with E-state index in [1.807, 2.05) is 26.8 Å². The van der Waals surface area contributed by atoms with E-state index in [2.05, 4.69) is 20.8 Å². The molecule has 2 N–H and O–H groups in total. The first-order chi connectivity index (χ1) is 7.94. The van der Waals surface area contributed by atoms with E-state index in [1.54, 1.807) is 0 Å². The SMILES string of the molecule is CC(C)(C)c1cc(C(C)(C)C)c([N+](=O)[O-])cc1N. The first-order valence-corrected chi connectivity index (χ1v) is 6.03. The van der Waals surface area contributed by atoms with Gasteiger partial charge in [-0.05, 0) is 22.5 Å². The van der Waals surface area contributed by atoms with E-state index in [1.165, 1.54) is 6.07 Å². The van der Waals surface area contributed by atoms with Gasteiger partial charge < -0.3 is 5.73 Å². The maximum Gasteiger partial charge on any atom is 0.275 e. The number of benzene rings is 1. The van der Waals surface area contributed by atoms with Crippen molar-refractivity contribution in [2.24, 2.45) is 0 Å². The molecule has 0 aliphatic rings. The summed E-state index contributed by atoms with van der Waals surface area (Å²) in [5.41, 5.74) is 7.82. The zero-order valence-electron chi connectivity index (χ0n) is 12.0. The summed E-state index contributed by atoms with van der Waals surface area (Å²) in [7, 11) is 0. The molecule has 0 atom stereocenters. The van der Waals surface area contributed by atoms with Gasteiger partial charge in [-0.15, -0.1) is 0 Å². The number of nitrogens with zero attached hydrogens (tertiary/aromatic N) is 1. The number of nitro benzene ring substituents is 1. The molecule has 0 fully saturated rings. The van der Waals surface area contributed by atoms with E-state index in [4.69, 9.17) is 5.73 Å². The molecule has 18 heavy (non-hydrogen) atoms. The van der Waals surface area contributed by atoms with Crippen LogP contribution in [0.25, 0.3) is 0 Å². The Labute approximate surface area is 108 Å². The Balaban J connectivity index is 3.62. The maximum atomic E-state index is 11.1. The topological polar surface area (TPSA) is 69.2 Å². The fourth-order valence-electron chi connectivity index (χ4n) is 2.01. The van der Waals surface area contributed by atoms with Crippen LogP contribution in [0.2, 0.25) is 0 Å². The molecule has 1 aromatic rings. The molecule has 0 spiro atoms. The minimum Gasteiger partial charge on any atom is -0.398 e. The van der Waals surface area contributed by atoms with Gasteiger partial charge in [-0.1, -0.05) is 41.5 Å². The number of nitrogens with two attached hydrogens (primary N) is 1. The number of rotatable bonds is 1. The lowest BCUT2D eigenvalue weighted by Crippen LogP contribution is -2.19. The third-order valence-corrected chi connectivity index (χ3v) is 2.98. The average Bonchev–Trinajstić information content (AvgIpc) is 2.12. The predicted octanol–water partition coefficient (Wildman–Crippen LogP) is 3.77. The molecule has 100 valence electrons. The summed E-state index contributed by atoms with van der Waals surface area (Å²) in [5, 5.41) is 11.1. The lowest BCUT2D eigenvalue weighted by atomic mass is 9.79. The summed E-state index contributed by atoms with van der Waals surface area (Å²) in [5.74, 6) is 0. The fraction of sp³-hybridized carbons (Fsp3) is 0.571. The van der Waals surface area contributed by atoms with Crippen LogP contribution in [0.5, 0.6) is 0 Å². The van der Waals surface area contributed by atoms with Crippen LogP contribution in [0.15, 0.2) is 12.1 Å². The highest BCUT2D eigenvalue weighted by Crippen LogP contribution is 2.38. The molecule has 0 aromatic heterocycles. The van der Waals surface area contributed by atoms with Crippen molar-refractivity contribution in [3.05, 3.63) is 33.4 Å². The van der Waals surface area contributed by atoms with Gasteiger partial charge >= 0.3 is 0 Å². The minimum atomic E-state index is -0.358. The van der Waals surface area contributed by atoms with Crippen LogP contribution in [0, 0.1) is 10.1 Å². The van der Waals surface area contributed by atoms with Crippen LogP contribution in [0.4, 0.5) is 11.4 Å². The van der Waals surface area contributed by atoms with Crippen LogP contribution in [-0.2, 0) is 10.8 Å². The highest BCUT2D eigenvalue weighted by molar-refractivity contribution is 5.61. The Morgan fingerprint density at radius 1 is 1.00 bits per heavy atom. The van der Waals surface area contributed by atoms with Crippen molar-refractivity contribution < 1.29 is 4.92 Å². The number of hydrogen-bond acceptors (Lipinski definition) is 3. The largest absolute Gasteiger partial charge is 0.398 e. The van der Waals surface area contributed by atoms with Gasteiger partial charge in [0.15, 0.2) is 0 Å². The fourth-order valence-corrected chi connectivity index (χ4v) is 2.01. The highest BCUT2D eigenvalue weighted by Gasteiger charge is 2.29. The molecule has 0 amide bonds. The second-order valence-corrected chi connectivity index (χ2v) is 6.71. The lowest BCUT2D eigenvalue weighted by molar-refractivity contribution is -0.385. The normalized spacial score (nSPS) is 12.6. The van der Waals surface area contributed by atoms with Gasteiger partial charge in [0, 0.05) is 17.3 Å². The first-order valence-electron chi connectivity index (χ1n) is 6.03. The van der Waals surface area contributed by atoms with Crippen molar-refractivity contribution in [3.63, 3.8) is 0 Å². The van der Waals surface area contributed by atoms with Gasteiger partial charge in [0.1, 0.15) is 0 Å². The van der Waals surface area contributed by atoms with Crippen LogP contribution < -0.4 is 5.73 Å². The van der Waals surface area contributed by atoms with Crippen molar-refractivity contribution in [2.45, 2.75) is 52.4 Å². The van der Waals surface area contributed by atoms with E-state index in [0.717, 1.165) is 11.1 Å². The molecule has 0 bridgehead atoms. The van der Waals surface area contributed by atoms with Crippen LogP contribution >= 0.6 is 0 Å². The summed E-state index contributed by atoms with van der Waals surface area (Å²) in [6.07, 6.45) is 0. The second kappa shape index (κ2) is 4.26. The number of nitrogen functional groups attached to an aromatic ring is 1. The second-order valence-electron chi connectivity index (χ2n) is 6.71. The van der Waals surface area contributed by atoms with E-state index < -0.39 is 0 Å². The van der Waals surface area contributed by atoms with Gasteiger partial charge in [0.25, 0.3) is 5.69 Å². The Bertz CT molecular complexity index is 480. The summed E-state index contributed by atoms with van der Waals surface area (Å²) in [6, 6.07) is 3.37. The van der Waals surface area contributed by atoms with Gasteiger partial charge in [-0.2, -0.15) is 0 Å². The molecular formula is C14H22N2O2. The Hall–Kier alpha value is -1.58. The van der Waals surface area contributed by atoms with Gasteiger partial charge in [-0.25, -0.2) is 0 Å². The Morgan fingerprint density at radius 2 is 1.44 bits per heavy atom. The molecule has 0 radical (unpaired) electrons. The van der Waals surface area contributed by atoms with Crippen LogP contribution in [0.1, 0.15) is 52.7 Å². The lowest BCUT2D eigenvalue weighted by Gasteiger charge is -2.26. The third kappa shape index (κ3) is 2.81. The minimum absolute atomic E-state index is 0.105. The molecule has 0 aliphatic carbocycles. The van der Waals surface area contributed by atoms with Gasteiger partial charge in [0.2, 0.25) is 0 Å². The molecule has 0 heterocycles. The number of hydrogen-bond donors (Lipinski definition) is 1. The monoisotopic (exact) mass is 250 g/mol. The van der Waals surface area contributed by atoms with Crippen LogP contribution in [0.3, 0.4) is 0 Å². The molecule has 0 saturated carbocycles. The quantitative estimate of drug-likeness (QED) is 0.468. The van der Waals surface area contributed by atoms with Gasteiger partial charge in [-0.3, -0.25) is 10.1 Å². The molecule has 1 aromatic carbocycles. The molecule has 0 saturated heterocycles. The zero-order valence-corrected chi connectivity index (χ0v) is 12.0. The van der Waals surface area contributed by atoms with Crippen molar-refractivity contribution >= 4 is 11.4 Å². The maximum absolute atomic E-state index is 11.1. The summed E-state index contributed by atoms with van der Waals surface area (Å²) >= 11 is 0. The van der Waals surface area contributed by atoms with E-state index in [-0.39, 0.29) is 21.4 Å². The van der Waals surface area contributed by atoms with E-state index in [0.29, 0.717) is 5.69 Å². The summed E-state index contributed by atoms with van der Waals surface area (Å²) < 4.78 is 0.